The third-order valence-electron chi connectivity index (χ3n) is 1.86. The first-order chi connectivity index (χ1) is 5.66. The minimum Gasteiger partial charge on any atom is -0.465 e. The van der Waals surface area contributed by atoms with Crippen molar-refractivity contribution in [2.45, 2.75) is 38.1 Å². The Morgan fingerprint density at radius 3 is 2.00 bits per heavy atom. The Labute approximate surface area is 73.1 Å². The number of carbonyl (C=O) groups is 1. The molecule has 1 amide bonds. The molecular weight excluding hydrogens is 156 g/mol. The van der Waals surface area contributed by atoms with Gasteiger partial charge in [-0.25, -0.2) is 4.79 Å². The zero-order valence-electron chi connectivity index (χ0n) is 7.55. The van der Waals surface area contributed by atoms with E-state index in [1.807, 2.05) is 5.32 Å². The number of nitrogens with two attached hydrogens (primary N) is 1. The van der Waals surface area contributed by atoms with Crippen LogP contribution < -0.4 is 11.1 Å². The Kier molecular flexibility index (Phi) is 6.47. The first kappa shape index (κ1) is 11.2. The van der Waals surface area contributed by atoms with Gasteiger partial charge in [0.2, 0.25) is 0 Å². The second-order valence-electron chi connectivity index (χ2n) is 2.95. The van der Waals surface area contributed by atoms with Crippen LogP contribution in [0.1, 0.15) is 32.1 Å². The molecule has 0 aromatic rings. The highest BCUT2D eigenvalue weighted by atomic mass is 16.4. The highest BCUT2D eigenvalue weighted by Gasteiger charge is 2.06. The number of amides is 1. The standard InChI is InChI=1S/C6H13N.C2H5NO2/c7-6-4-2-1-3-5-6;1-3-2(4)5/h6H,1-5,7H2;3H,1H3,(H,4,5). The molecule has 0 saturated heterocycles. The normalized spacial score (nSPS) is 17.5. The van der Waals surface area contributed by atoms with Crippen molar-refractivity contribution in [3.05, 3.63) is 0 Å². The molecule has 0 bridgehead atoms. The number of hydrogen-bond acceptors (Lipinski definition) is 2. The first-order valence-electron chi connectivity index (χ1n) is 4.33. The topological polar surface area (TPSA) is 75.3 Å². The van der Waals surface area contributed by atoms with Gasteiger partial charge in [0.1, 0.15) is 0 Å². The van der Waals surface area contributed by atoms with E-state index in [1.165, 1.54) is 39.2 Å². The fourth-order valence-corrected chi connectivity index (χ4v) is 1.13. The Morgan fingerprint density at radius 1 is 1.42 bits per heavy atom. The van der Waals surface area contributed by atoms with Crippen LogP contribution in [-0.2, 0) is 0 Å². The van der Waals surface area contributed by atoms with Crippen molar-refractivity contribution in [1.82, 2.24) is 5.32 Å². The van der Waals surface area contributed by atoms with Crippen LogP contribution >= 0.6 is 0 Å². The lowest BCUT2D eigenvalue weighted by atomic mass is 9.97. The van der Waals surface area contributed by atoms with E-state index in [1.54, 1.807) is 0 Å². The van der Waals surface area contributed by atoms with Gasteiger partial charge >= 0.3 is 6.09 Å². The van der Waals surface area contributed by atoms with Gasteiger partial charge in [-0.1, -0.05) is 19.3 Å². The van der Waals surface area contributed by atoms with Crippen LogP contribution in [0.25, 0.3) is 0 Å². The number of nitrogens with one attached hydrogen (secondary N) is 1. The van der Waals surface area contributed by atoms with Crippen LogP contribution in [0.2, 0.25) is 0 Å². The van der Waals surface area contributed by atoms with Crippen LogP contribution in [0, 0.1) is 0 Å². The van der Waals surface area contributed by atoms with Gasteiger partial charge in [-0.2, -0.15) is 0 Å². The Bertz CT molecular complexity index is 122. The minimum absolute atomic E-state index is 0.536. The summed E-state index contributed by atoms with van der Waals surface area (Å²) in [6.07, 6.45) is 5.67. The lowest BCUT2D eigenvalue weighted by Crippen LogP contribution is -2.22. The molecule has 0 radical (unpaired) electrons. The number of hydrogen-bond donors (Lipinski definition) is 3. The van der Waals surface area contributed by atoms with Crippen molar-refractivity contribution in [2.24, 2.45) is 5.73 Å². The van der Waals surface area contributed by atoms with Crippen LogP contribution in [0.5, 0.6) is 0 Å². The summed E-state index contributed by atoms with van der Waals surface area (Å²) >= 11 is 0. The molecule has 1 saturated carbocycles. The predicted molar refractivity (Wildman–Crippen MR) is 48.1 cm³/mol. The smallest absolute Gasteiger partial charge is 0.404 e. The van der Waals surface area contributed by atoms with E-state index >= 15 is 0 Å². The summed E-state index contributed by atoms with van der Waals surface area (Å²) < 4.78 is 0. The van der Waals surface area contributed by atoms with E-state index in [0.717, 1.165) is 0 Å². The number of carboxylic acid groups (broad SMARTS) is 1. The molecule has 0 aromatic carbocycles. The molecule has 0 aromatic heterocycles. The second-order valence-corrected chi connectivity index (χ2v) is 2.95. The molecular formula is C8H18N2O2. The predicted octanol–water partition coefficient (Wildman–Crippen LogP) is 1.16. The van der Waals surface area contributed by atoms with E-state index in [4.69, 9.17) is 10.8 Å². The van der Waals surface area contributed by atoms with Crippen molar-refractivity contribution < 1.29 is 9.90 Å². The maximum absolute atomic E-state index is 9.26. The third-order valence-corrected chi connectivity index (χ3v) is 1.86. The molecule has 1 fully saturated rings. The molecule has 0 heterocycles. The van der Waals surface area contributed by atoms with Gasteiger partial charge in [0.05, 0.1) is 0 Å². The zero-order chi connectivity index (χ0) is 9.40. The van der Waals surface area contributed by atoms with Crippen molar-refractivity contribution >= 4 is 6.09 Å². The minimum atomic E-state index is -0.995. The SMILES string of the molecule is CNC(=O)O.NC1CCCCC1. The molecule has 1 rings (SSSR count). The average molecular weight is 174 g/mol. The third kappa shape index (κ3) is 7.34. The average Bonchev–Trinajstić information content (AvgIpc) is 2.07. The molecule has 0 spiro atoms. The van der Waals surface area contributed by atoms with Crippen LogP contribution in [-0.4, -0.2) is 24.3 Å². The maximum Gasteiger partial charge on any atom is 0.404 e. The molecule has 72 valence electrons. The summed E-state index contributed by atoms with van der Waals surface area (Å²) in [6.45, 7) is 0. The van der Waals surface area contributed by atoms with Crippen molar-refractivity contribution in [1.29, 1.82) is 0 Å². The summed E-state index contributed by atoms with van der Waals surface area (Å²) in [5, 5.41) is 9.56. The van der Waals surface area contributed by atoms with E-state index in [2.05, 4.69) is 0 Å². The van der Waals surface area contributed by atoms with Gasteiger partial charge in [-0.15, -0.1) is 0 Å². The van der Waals surface area contributed by atoms with Gasteiger partial charge in [0.15, 0.2) is 0 Å². The van der Waals surface area contributed by atoms with Gasteiger partial charge in [0, 0.05) is 13.1 Å². The molecule has 4 heteroatoms. The largest absolute Gasteiger partial charge is 0.465 e. The zero-order valence-corrected chi connectivity index (χ0v) is 7.55. The highest BCUT2D eigenvalue weighted by molar-refractivity contribution is 5.63. The summed E-state index contributed by atoms with van der Waals surface area (Å²) in [5.74, 6) is 0. The van der Waals surface area contributed by atoms with Crippen LogP contribution in [0.15, 0.2) is 0 Å². The lowest BCUT2D eigenvalue weighted by Gasteiger charge is -2.15. The highest BCUT2D eigenvalue weighted by Crippen LogP contribution is 2.14. The van der Waals surface area contributed by atoms with Gasteiger partial charge < -0.3 is 16.2 Å². The fraction of sp³-hybridized carbons (Fsp3) is 0.875. The maximum atomic E-state index is 9.26. The Morgan fingerprint density at radius 2 is 1.83 bits per heavy atom. The van der Waals surface area contributed by atoms with E-state index in [-0.39, 0.29) is 0 Å². The van der Waals surface area contributed by atoms with E-state index in [9.17, 15) is 4.79 Å². The van der Waals surface area contributed by atoms with Crippen LogP contribution in [0.4, 0.5) is 4.79 Å². The van der Waals surface area contributed by atoms with E-state index < -0.39 is 6.09 Å². The molecule has 12 heavy (non-hydrogen) atoms. The van der Waals surface area contributed by atoms with Gasteiger partial charge in [0.25, 0.3) is 0 Å². The fourth-order valence-electron chi connectivity index (χ4n) is 1.13. The molecule has 0 aliphatic heterocycles. The molecule has 0 unspecified atom stereocenters. The van der Waals surface area contributed by atoms with Crippen molar-refractivity contribution in [3.8, 4) is 0 Å². The first-order valence-corrected chi connectivity index (χ1v) is 4.33. The lowest BCUT2D eigenvalue weighted by molar-refractivity contribution is 0.197. The second kappa shape index (κ2) is 6.91. The van der Waals surface area contributed by atoms with Crippen LogP contribution in [0.3, 0.4) is 0 Å². The monoisotopic (exact) mass is 174 g/mol. The summed E-state index contributed by atoms with van der Waals surface area (Å²) in [4.78, 5) is 9.26. The molecule has 1 aliphatic rings. The summed E-state index contributed by atoms with van der Waals surface area (Å²) in [7, 11) is 1.35. The van der Waals surface area contributed by atoms with Crippen molar-refractivity contribution in [3.63, 3.8) is 0 Å². The molecule has 0 atom stereocenters. The molecule has 1 aliphatic carbocycles. The number of rotatable bonds is 0. The van der Waals surface area contributed by atoms with Gasteiger partial charge in [-0.05, 0) is 12.8 Å². The summed E-state index contributed by atoms with van der Waals surface area (Å²) in [5.41, 5.74) is 5.63. The van der Waals surface area contributed by atoms with E-state index in [0.29, 0.717) is 6.04 Å². The molecule has 4 N–H and O–H groups in total. The quantitative estimate of drug-likeness (QED) is 0.516. The molecule has 4 nitrogen and oxygen atoms in total. The Hall–Kier alpha value is -0.770. The summed E-state index contributed by atoms with van der Waals surface area (Å²) in [6, 6.07) is 0.536. The van der Waals surface area contributed by atoms with Crippen molar-refractivity contribution in [2.75, 3.05) is 7.05 Å². The van der Waals surface area contributed by atoms with Gasteiger partial charge in [-0.3, -0.25) is 0 Å². The Balaban J connectivity index is 0.000000217.